The molecule has 0 amide bonds. The highest BCUT2D eigenvalue weighted by atomic mass is 32.2. The quantitative estimate of drug-likeness (QED) is 0.750. The summed E-state index contributed by atoms with van der Waals surface area (Å²) in [6, 6.07) is 4.73. The molecule has 1 unspecified atom stereocenters. The molecule has 124 valence electrons. The van der Waals surface area contributed by atoms with Gasteiger partial charge in [-0.15, -0.1) is 0 Å². The summed E-state index contributed by atoms with van der Waals surface area (Å²) >= 11 is 0. The van der Waals surface area contributed by atoms with Gasteiger partial charge in [0, 0.05) is 24.2 Å². The van der Waals surface area contributed by atoms with Crippen LogP contribution in [0, 0.1) is 5.82 Å². The van der Waals surface area contributed by atoms with Gasteiger partial charge >= 0.3 is 0 Å². The number of rotatable bonds is 7. The Morgan fingerprint density at radius 1 is 1.36 bits per heavy atom. The molecule has 0 spiro atoms. The predicted molar refractivity (Wildman–Crippen MR) is 84.0 cm³/mol. The Morgan fingerprint density at radius 2 is 2.18 bits per heavy atom. The first-order valence-electron chi connectivity index (χ1n) is 7.65. The van der Waals surface area contributed by atoms with E-state index < -0.39 is 10.0 Å². The van der Waals surface area contributed by atoms with Crippen molar-refractivity contribution in [1.82, 2.24) is 10.0 Å². The third-order valence-corrected chi connectivity index (χ3v) is 5.10. The Balaban J connectivity index is 1.86. The molecular formula is C15H23FN2O3S. The molecule has 0 aliphatic carbocycles. The molecule has 0 aromatic heterocycles. The number of benzene rings is 1. The molecular weight excluding hydrogens is 307 g/mol. The van der Waals surface area contributed by atoms with E-state index in [4.69, 9.17) is 4.74 Å². The average molecular weight is 330 g/mol. The molecule has 22 heavy (non-hydrogen) atoms. The minimum atomic E-state index is -3.12. The molecule has 0 saturated heterocycles. The smallest absolute Gasteiger partial charge is 0.211 e. The van der Waals surface area contributed by atoms with E-state index in [0.717, 1.165) is 18.4 Å². The van der Waals surface area contributed by atoms with E-state index in [-0.39, 0.29) is 17.6 Å². The molecule has 1 atom stereocenters. The number of nitrogens with one attached hydrogen (secondary N) is 2. The zero-order valence-electron chi connectivity index (χ0n) is 12.8. The van der Waals surface area contributed by atoms with E-state index in [1.54, 1.807) is 13.0 Å². The molecule has 1 heterocycles. The first-order chi connectivity index (χ1) is 10.5. The summed E-state index contributed by atoms with van der Waals surface area (Å²) in [5.41, 5.74) is 0.966. The Kier molecular flexibility index (Phi) is 6.16. The molecule has 0 fully saturated rings. The highest BCUT2D eigenvalue weighted by Gasteiger charge is 2.19. The van der Waals surface area contributed by atoms with Crippen molar-refractivity contribution in [3.63, 3.8) is 0 Å². The third-order valence-electron chi connectivity index (χ3n) is 3.69. The second-order valence-corrected chi connectivity index (χ2v) is 7.43. The van der Waals surface area contributed by atoms with E-state index in [0.29, 0.717) is 31.9 Å². The van der Waals surface area contributed by atoms with Crippen LogP contribution in [-0.2, 0) is 10.0 Å². The number of ether oxygens (including phenoxy) is 1. The molecule has 1 aliphatic heterocycles. The summed E-state index contributed by atoms with van der Waals surface area (Å²) in [7, 11) is -3.12. The van der Waals surface area contributed by atoms with Crippen LogP contribution in [-0.4, -0.2) is 33.9 Å². The van der Waals surface area contributed by atoms with Crippen LogP contribution in [0.1, 0.15) is 37.8 Å². The molecule has 2 rings (SSSR count). The van der Waals surface area contributed by atoms with Gasteiger partial charge in [-0.3, -0.25) is 0 Å². The monoisotopic (exact) mass is 330 g/mol. The summed E-state index contributed by atoms with van der Waals surface area (Å²) in [6.07, 6.45) is 2.52. The van der Waals surface area contributed by atoms with E-state index in [9.17, 15) is 12.8 Å². The lowest BCUT2D eigenvalue weighted by Crippen LogP contribution is -2.29. The van der Waals surface area contributed by atoms with Crippen molar-refractivity contribution in [2.24, 2.45) is 0 Å². The first-order valence-corrected chi connectivity index (χ1v) is 9.30. The van der Waals surface area contributed by atoms with Crippen LogP contribution in [0.3, 0.4) is 0 Å². The second-order valence-electron chi connectivity index (χ2n) is 5.33. The van der Waals surface area contributed by atoms with E-state index in [1.807, 2.05) is 0 Å². The molecule has 2 N–H and O–H groups in total. The number of halogens is 1. The van der Waals surface area contributed by atoms with Crippen molar-refractivity contribution in [3.05, 3.63) is 29.6 Å². The maximum atomic E-state index is 13.3. The van der Waals surface area contributed by atoms with Crippen molar-refractivity contribution in [1.29, 1.82) is 0 Å². The molecule has 1 aromatic carbocycles. The van der Waals surface area contributed by atoms with Gasteiger partial charge in [0.2, 0.25) is 10.0 Å². The first kappa shape index (κ1) is 17.2. The van der Waals surface area contributed by atoms with Crippen LogP contribution >= 0.6 is 0 Å². The lowest BCUT2D eigenvalue weighted by molar-refractivity contribution is 0.313. The Morgan fingerprint density at radius 3 is 2.95 bits per heavy atom. The zero-order valence-corrected chi connectivity index (χ0v) is 13.6. The Bertz CT molecular complexity index is 592. The van der Waals surface area contributed by atoms with Gasteiger partial charge in [0.1, 0.15) is 11.6 Å². The molecule has 7 heteroatoms. The maximum Gasteiger partial charge on any atom is 0.211 e. The van der Waals surface area contributed by atoms with Gasteiger partial charge in [0.05, 0.1) is 12.4 Å². The molecule has 0 bridgehead atoms. The van der Waals surface area contributed by atoms with Gasteiger partial charge < -0.3 is 10.1 Å². The van der Waals surface area contributed by atoms with Crippen LogP contribution in [0.15, 0.2) is 18.2 Å². The van der Waals surface area contributed by atoms with Crippen molar-refractivity contribution >= 4 is 10.0 Å². The van der Waals surface area contributed by atoms with Gasteiger partial charge in [0.15, 0.2) is 0 Å². The molecule has 1 aromatic rings. The Hall–Kier alpha value is -1.18. The lowest BCUT2D eigenvalue weighted by atomic mass is 10.0. The van der Waals surface area contributed by atoms with Gasteiger partial charge in [0.25, 0.3) is 0 Å². The molecule has 5 nitrogen and oxygen atoms in total. The number of hydrogen-bond acceptors (Lipinski definition) is 4. The van der Waals surface area contributed by atoms with E-state index >= 15 is 0 Å². The zero-order chi connectivity index (χ0) is 16.0. The maximum absolute atomic E-state index is 13.3. The van der Waals surface area contributed by atoms with Crippen LogP contribution in [0.5, 0.6) is 5.75 Å². The number of sulfonamides is 1. The van der Waals surface area contributed by atoms with Crippen molar-refractivity contribution in [3.8, 4) is 5.75 Å². The summed E-state index contributed by atoms with van der Waals surface area (Å²) in [6.45, 7) is 3.31. The van der Waals surface area contributed by atoms with Gasteiger partial charge in [-0.05, 0) is 38.8 Å². The van der Waals surface area contributed by atoms with Crippen LogP contribution in [0.2, 0.25) is 0 Å². The SMILES string of the molecule is CCS(=O)(=O)NCCCNC1CCCOc2cc(F)ccc21. The topological polar surface area (TPSA) is 67.4 Å². The van der Waals surface area contributed by atoms with Crippen LogP contribution < -0.4 is 14.8 Å². The van der Waals surface area contributed by atoms with Crippen molar-refractivity contribution in [2.45, 2.75) is 32.2 Å². The highest BCUT2D eigenvalue weighted by Crippen LogP contribution is 2.31. The Labute approximate surface area is 131 Å². The minimum absolute atomic E-state index is 0.0966. The van der Waals surface area contributed by atoms with Crippen molar-refractivity contribution < 1.29 is 17.5 Å². The molecule has 0 saturated carbocycles. The number of hydrogen-bond donors (Lipinski definition) is 2. The predicted octanol–water partition coefficient (Wildman–Crippen LogP) is 1.96. The fourth-order valence-corrected chi connectivity index (χ4v) is 3.11. The highest BCUT2D eigenvalue weighted by molar-refractivity contribution is 7.89. The fraction of sp³-hybridized carbons (Fsp3) is 0.600. The summed E-state index contributed by atoms with van der Waals surface area (Å²) in [4.78, 5) is 0. The summed E-state index contributed by atoms with van der Waals surface area (Å²) in [5.74, 6) is 0.398. The summed E-state index contributed by atoms with van der Waals surface area (Å²) in [5, 5.41) is 3.40. The van der Waals surface area contributed by atoms with Crippen molar-refractivity contribution in [2.75, 3.05) is 25.4 Å². The van der Waals surface area contributed by atoms with E-state index in [1.165, 1.54) is 12.1 Å². The van der Waals surface area contributed by atoms with Gasteiger partial charge in [-0.2, -0.15) is 0 Å². The second kappa shape index (κ2) is 7.89. The molecule has 0 radical (unpaired) electrons. The average Bonchev–Trinajstić information content (AvgIpc) is 2.68. The normalized spacial score (nSPS) is 18.4. The van der Waals surface area contributed by atoms with Crippen LogP contribution in [0.4, 0.5) is 4.39 Å². The van der Waals surface area contributed by atoms with Gasteiger partial charge in [-0.25, -0.2) is 17.5 Å². The number of fused-ring (bicyclic) bond motifs is 1. The minimum Gasteiger partial charge on any atom is -0.493 e. The largest absolute Gasteiger partial charge is 0.493 e. The van der Waals surface area contributed by atoms with Crippen LogP contribution in [0.25, 0.3) is 0 Å². The van der Waals surface area contributed by atoms with Gasteiger partial charge in [-0.1, -0.05) is 6.07 Å². The summed E-state index contributed by atoms with van der Waals surface area (Å²) < 4.78 is 44.0. The third kappa shape index (κ3) is 4.93. The fourth-order valence-electron chi connectivity index (χ4n) is 2.45. The standard InChI is InChI=1S/C15H23FN2O3S/c1-2-22(19,20)18-9-4-8-17-14-5-3-10-21-15-11-12(16)6-7-13(14)15/h6-7,11,14,17-18H,2-5,8-10H2,1H3. The molecule has 1 aliphatic rings. The lowest BCUT2D eigenvalue weighted by Gasteiger charge is -2.18. The van der Waals surface area contributed by atoms with E-state index in [2.05, 4.69) is 10.0 Å².